The van der Waals surface area contributed by atoms with Gasteiger partial charge >= 0.3 is 0 Å². The summed E-state index contributed by atoms with van der Waals surface area (Å²) in [6.07, 6.45) is 1.89. The molecule has 196 valence electrons. The zero-order valence-electron chi connectivity index (χ0n) is 20.5. The van der Waals surface area contributed by atoms with Gasteiger partial charge in [-0.25, -0.2) is 9.38 Å². The molecule has 0 N–H and O–H groups in total. The number of aliphatic imine (C=N–C) groups is 1. The molecule has 0 atom stereocenters. The Labute approximate surface area is 252 Å². The zero-order chi connectivity index (χ0) is 26.6. The number of nitrogens with zero attached hydrogens (tertiary/aromatic N) is 3. The molecule has 2 fully saturated rings. The molecule has 2 aliphatic rings. The summed E-state index contributed by atoms with van der Waals surface area (Å²) in [5.74, 6) is 0.415. The highest BCUT2D eigenvalue weighted by molar-refractivity contribution is 14.1. The topological polar surface area (TPSA) is 54.4 Å². The van der Waals surface area contributed by atoms with Crippen LogP contribution < -0.4 is 9.64 Å². The molecule has 2 aliphatic heterocycles. The number of hydrogen-bond donors (Lipinski definition) is 0. The lowest BCUT2D eigenvalue weighted by atomic mass is 10.2. The second-order valence-corrected chi connectivity index (χ2v) is 12.0. The van der Waals surface area contributed by atoms with E-state index in [2.05, 4.69) is 62.2 Å². The molecule has 0 saturated carbocycles. The lowest BCUT2D eigenvalue weighted by Gasteiger charge is -2.28. The van der Waals surface area contributed by atoms with Crippen LogP contribution in [0.5, 0.6) is 5.75 Å². The number of amidine groups is 1. The lowest BCUT2D eigenvalue weighted by molar-refractivity contribution is -0.121. The van der Waals surface area contributed by atoms with Crippen molar-refractivity contribution < 1.29 is 18.7 Å². The first-order valence-corrected chi connectivity index (χ1v) is 14.9. The van der Waals surface area contributed by atoms with Crippen LogP contribution in [0.15, 0.2) is 70.6 Å². The maximum Gasteiger partial charge on any atom is 0.266 e. The monoisotopic (exact) mass is 755 g/mol. The van der Waals surface area contributed by atoms with Crippen molar-refractivity contribution in [3.8, 4) is 5.75 Å². The second-order valence-electron chi connectivity index (χ2n) is 8.71. The molecule has 6 nitrogen and oxygen atoms in total. The molecule has 3 aromatic rings. The minimum atomic E-state index is -0.268. The Morgan fingerprint density at radius 2 is 1.71 bits per heavy atom. The van der Waals surface area contributed by atoms with E-state index in [0.717, 1.165) is 61.7 Å². The van der Waals surface area contributed by atoms with Gasteiger partial charge in [-0.2, -0.15) is 0 Å². The Kier molecular flexibility index (Phi) is 8.91. The molecule has 0 bridgehead atoms. The number of ether oxygens (including phenoxy) is 2. The molecule has 2 heterocycles. The van der Waals surface area contributed by atoms with Gasteiger partial charge in [-0.05, 0) is 123 Å². The number of anilines is 1. The minimum absolute atomic E-state index is 0.0830. The van der Waals surface area contributed by atoms with E-state index in [-0.39, 0.29) is 11.7 Å². The maximum atomic E-state index is 13.2. The molecule has 2 saturated heterocycles. The molecular formula is C28H24FI2N3O3S. The maximum absolute atomic E-state index is 13.2. The fourth-order valence-electron chi connectivity index (χ4n) is 4.01. The SMILES string of the molecule is CN1C(=O)/C(=C/c2cc(I)c(OCc3ccc(F)cc3)c(I)c2)SC1=Nc1ccc(N2CCOCC2)cc1. The predicted molar refractivity (Wildman–Crippen MR) is 168 cm³/mol. The van der Waals surface area contributed by atoms with E-state index in [0.29, 0.717) is 16.7 Å². The van der Waals surface area contributed by atoms with Gasteiger partial charge in [0.05, 0.1) is 30.9 Å². The Bertz CT molecular complexity index is 1370. The van der Waals surface area contributed by atoms with Crippen molar-refractivity contribution in [2.75, 3.05) is 38.3 Å². The van der Waals surface area contributed by atoms with Gasteiger partial charge in [0.25, 0.3) is 5.91 Å². The second kappa shape index (κ2) is 12.3. The highest BCUT2D eigenvalue weighted by atomic mass is 127. The van der Waals surface area contributed by atoms with Crippen molar-refractivity contribution in [1.82, 2.24) is 4.90 Å². The van der Waals surface area contributed by atoms with Gasteiger partial charge in [-0.15, -0.1) is 0 Å². The third-order valence-corrected chi connectivity index (χ3v) is 8.73. The number of halogens is 3. The molecule has 0 aliphatic carbocycles. The van der Waals surface area contributed by atoms with E-state index < -0.39 is 0 Å². The molecule has 10 heteroatoms. The summed E-state index contributed by atoms with van der Waals surface area (Å²) in [5, 5.41) is 0.643. The number of benzene rings is 3. The Morgan fingerprint density at radius 1 is 1.05 bits per heavy atom. The van der Waals surface area contributed by atoms with E-state index in [9.17, 15) is 9.18 Å². The standard InChI is InChI=1S/C28H24FI2N3O3S/c1-33-27(35)25(38-28(33)32-21-6-8-22(9-7-21)34-10-12-36-13-11-34)16-19-14-23(30)26(24(31)15-19)37-17-18-2-4-20(29)5-3-18/h2-9,14-16H,10-13,17H2,1H3/b25-16-,32-28?. The van der Waals surface area contributed by atoms with Crippen LogP contribution in [0, 0.1) is 13.0 Å². The number of carbonyl (C=O) groups excluding carboxylic acids is 1. The van der Waals surface area contributed by atoms with Gasteiger partial charge in [0.2, 0.25) is 0 Å². The summed E-state index contributed by atoms with van der Waals surface area (Å²) in [4.78, 5) is 22.2. The summed E-state index contributed by atoms with van der Waals surface area (Å²) in [5.41, 5.74) is 3.75. The molecule has 1 amide bonds. The number of morpholine rings is 1. The molecule has 5 rings (SSSR count). The zero-order valence-corrected chi connectivity index (χ0v) is 25.6. The molecule has 0 radical (unpaired) electrons. The number of amides is 1. The molecule has 3 aromatic carbocycles. The summed E-state index contributed by atoms with van der Waals surface area (Å²) in [6.45, 7) is 3.60. The first-order chi connectivity index (χ1) is 18.4. The van der Waals surface area contributed by atoms with Crippen molar-refractivity contribution in [2.24, 2.45) is 4.99 Å². The molecule has 0 aromatic heterocycles. The fourth-order valence-corrected chi connectivity index (χ4v) is 7.12. The Balaban J connectivity index is 1.29. The normalized spacial score (nSPS) is 18.1. The number of rotatable bonds is 6. The van der Waals surface area contributed by atoms with Crippen LogP contribution in [0.25, 0.3) is 6.08 Å². The Hall–Kier alpha value is -2.16. The van der Waals surface area contributed by atoms with Gasteiger partial charge in [-0.3, -0.25) is 9.69 Å². The van der Waals surface area contributed by atoms with Crippen molar-refractivity contribution >= 4 is 85.5 Å². The first-order valence-electron chi connectivity index (χ1n) is 11.9. The molecule has 0 unspecified atom stereocenters. The average molecular weight is 755 g/mol. The summed E-state index contributed by atoms with van der Waals surface area (Å²) in [6, 6.07) is 18.3. The van der Waals surface area contributed by atoms with Crippen molar-refractivity contribution in [2.45, 2.75) is 6.61 Å². The summed E-state index contributed by atoms with van der Waals surface area (Å²) >= 11 is 5.84. The lowest BCUT2D eigenvalue weighted by Crippen LogP contribution is -2.36. The van der Waals surface area contributed by atoms with Crippen LogP contribution >= 0.6 is 56.9 Å². The van der Waals surface area contributed by atoms with Gasteiger partial charge in [0.15, 0.2) is 5.17 Å². The average Bonchev–Trinajstić information content (AvgIpc) is 3.17. The quantitative estimate of drug-likeness (QED) is 0.208. The minimum Gasteiger partial charge on any atom is -0.487 e. The van der Waals surface area contributed by atoms with Gasteiger partial charge in [-0.1, -0.05) is 12.1 Å². The largest absolute Gasteiger partial charge is 0.487 e. The smallest absolute Gasteiger partial charge is 0.266 e. The number of carbonyl (C=O) groups is 1. The van der Waals surface area contributed by atoms with Gasteiger partial charge < -0.3 is 14.4 Å². The van der Waals surface area contributed by atoms with Crippen molar-refractivity contribution in [1.29, 1.82) is 0 Å². The predicted octanol–water partition coefficient (Wildman–Crippen LogP) is 6.68. The number of thioether (sulfide) groups is 1. The van der Waals surface area contributed by atoms with E-state index in [1.807, 2.05) is 30.3 Å². The van der Waals surface area contributed by atoms with E-state index in [1.165, 1.54) is 23.9 Å². The van der Waals surface area contributed by atoms with Crippen LogP contribution in [0.1, 0.15) is 11.1 Å². The highest BCUT2D eigenvalue weighted by Gasteiger charge is 2.30. The molecular weight excluding hydrogens is 731 g/mol. The molecule has 0 spiro atoms. The number of likely N-dealkylation sites (N-methyl/N-ethyl adjacent to an activating group) is 1. The highest BCUT2D eigenvalue weighted by Crippen LogP contribution is 2.36. The van der Waals surface area contributed by atoms with Gasteiger partial charge in [0.1, 0.15) is 18.2 Å². The van der Waals surface area contributed by atoms with E-state index >= 15 is 0 Å². The third kappa shape index (κ3) is 6.52. The van der Waals surface area contributed by atoms with Crippen molar-refractivity contribution in [3.05, 3.63) is 89.7 Å². The Morgan fingerprint density at radius 3 is 2.37 bits per heavy atom. The van der Waals surface area contributed by atoms with Crippen LogP contribution in [-0.4, -0.2) is 49.3 Å². The van der Waals surface area contributed by atoms with Crippen LogP contribution in [0.4, 0.5) is 15.8 Å². The van der Waals surface area contributed by atoms with Crippen LogP contribution in [0.3, 0.4) is 0 Å². The number of hydrogen-bond acceptors (Lipinski definition) is 6. The summed E-state index contributed by atoms with van der Waals surface area (Å²) in [7, 11) is 1.75. The fraction of sp³-hybridized carbons (Fsp3) is 0.214. The molecule has 38 heavy (non-hydrogen) atoms. The summed E-state index contributed by atoms with van der Waals surface area (Å²) < 4.78 is 26.5. The third-order valence-electron chi connectivity index (χ3n) is 6.07. The van der Waals surface area contributed by atoms with Crippen LogP contribution in [0.2, 0.25) is 0 Å². The van der Waals surface area contributed by atoms with E-state index in [1.54, 1.807) is 24.1 Å². The van der Waals surface area contributed by atoms with Gasteiger partial charge in [0, 0.05) is 25.8 Å². The van der Waals surface area contributed by atoms with Crippen LogP contribution in [-0.2, 0) is 16.1 Å². The first kappa shape index (κ1) is 27.4. The van der Waals surface area contributed by atoms with Crippen molar-refractivity contribution in [3.63, 3.8) is 0 Å². The van der Waals surface area contributed by atoms with E-state index in [4.69, 9.17) is 14.5 Å².